The first-order valence-electron chi connectivity index (χ1n) is 5.64. The molecule has 0 bridgehead atoms. The number of carbonyl (C=O) groups is 1. The third kappa shape index (κ3) is 2.54. The molecule has 7 heteroatoms. The van der Waals surface area contributed by atoms with Gasteiger partial charge in [0.15, 0.2) is 4.80 Å². The van der Waals surface area contributed by atoms with Crippen LogP contribution in [0, 0.1) is 0 Å². The molecule has 1 aromatic carbocycles. The van der Waals surface area contributed by atoms with Gasteiger partial charge in [0.2, 0.25) is 0 Å². The van der Waals surface area contributed by atoms with Crippen LogP contribution in [0.1, 0.15) is 9.67 Å². The van der Waals surface area contributed by atoms with E-state index in [-0.39, 0.29) is 5.91 Å². The molecule has 0 aliphatic rings. The van der Waals surface area contributed by atoms with E-state index in [1.165, 1.54) is 22.7 Å². The highest BCUT2D eigenvalue weighted by Crippen LogP contribution is 2.23. The van der Waals surface area contributed by atoms with E-state index in [9.17, 15) is 4.79 Å². The smallest absolute Gasteiger partial charge is 0.289 e. The Morgan fingerprint density at radius 1 is 1.20 bits per heavy atom. The van der Waals surface area contributed by atoms with Crippen molar-refractivity contribution in [3.63, 3.8) is 0 Å². The van der Waals surface area contributed by atoms with Crippen LogP contribution < -0.4 is 4.80 Å². The number of benzene rings is 1. The van der Waals surface area contributed by atoms with E-state index in [2.05, 4.69) is 4.99 Å². The van der Waals surface area contributed by atoms with Crippen molar-refractivity contribution in [3.05, 3.63) is 49.4 Å². The highest BCUT2D eigenvalue weighted by molar-refractivity contribution is 7.18. The Bertz CT molecular complexity index is 876. The number of fused-ring (bicyclic) bond motifs is 1. The Hall–Kier alpha value is -1.14. The van der Waals surface area contributed by atoms with Crippen molar-refractivity contribution in [1.29, 1.82) is 0 Å². The lowest BCUT2D eigenvalue weighted by molar-refractivity contribution is 0.100. The van der Waals surface area contributed by atoms with Crippen LogP contribution in [0.2, 0.25) is 9.36 Å². The summed E-state index contributed by atoms with van der Waals surface area (Å²) in [6.07, 6.45) is 0. The molecule has 0 saturated carbocycles. The van der Waals surface area contributed by atoms with Crippen molar-refractivity contribution in [2.24, 2.45) is 12.0 Å². The fourth-order valence-corrected chi connectivity index (χ4v) is 4.01. The number of halogens is 2. The first-order valence-corrected chi connectivity index (χ1v) is 8.03. The van der Waals surface area contributed by atoms with Crippen molar-refractivity contribution in [1.82, 2.24) is 4.57 Å². The monoisotopic (exact) mass is 342 g/mol. The lowest BCUT2D eigenvalue weighted by Crippen LogP contribution is -2.12. The first-order chi connectivity index (χ1) is 9.54. The number of thiazole rings is 1. The molecule has 20 heavy (non-hydrogen) atoms. The van der Waals surface area contributed by atoms with Crippen LogP contribution in [0.25, 0.3) is 10.2 Å². The summed E-state index contributed by atoms with van der Waals surface area (Å²) in [5.41, 5.74) is 0.996. The number of hydrogen-bond donors (Lipinski definition) is 0. The maximum absolute atomic E-state index is 12.1. The van der Waals surface area contributed by atoms with Crippen molar-refractivity contribution in [3.8, 4) is 0 Å². The summed E-state index contributed by atoms with van der Waals surface area (Å²) < 4.78 is 3.45. The maximum Gasteiger partial charge on any atom is 0.289 e. The van der Waals surface area contributed by atoms with Gasteiger partial charge in [-0.15, -0.1) is 11.3 Å². The van der Waals surface area contributed by atoms with E-state index in [1.807, 2.05) is 29.8 Å². The summed E-state index contributed by atoms with van der Waals surface area (Å²) in [4.78, 5) is 17.4. The average molecular weight is 343 g/mol. The van der Waals surface area contributed by atoms with Crippen LogP contribution >= 0.6 is 45.9 Å². The number of hydrogen-bond acceptors (Lipinski definition) is 3. The minimum absolute atomic E-state index is 0.282. The zero-order chi connectivity index (χ0) is 14.3. The standard InChI is InChI=1S/C13H8Cl2N2OS2/c1-17-8-3-2-7(14)6-10(8)20-13(17)16-12(18)9-4-5-11(15)19-9/h2-6H,1H3. The van der Waals surface area contributed by atoms with Crippen LogP contribution in [0.15, 0.2) is 35.3 Å². The molecule has 3 aromatic rings. The number of nitrogens with zero attached hydrogens (tertiary/aromatic N) is 2. The summed E-state index contributed by atoms with van der Waals surface area (Å²) >= 11 is 14.5. The molecule has 0 radical (unpaired) electrons. The number of amides is 1. The molecule has 0 saturated heterocycles. The molecule has 0 unspecified atom stereocenters. The van der Waals surface area contributed by atoms with Crippen LogP contribution in [-0.4, -0.2) is 10.5 Å². The second kappa shape index (κ2) is 5.33. The molecule has 2 heterocycles. The normalized spacial score (nSPS) is 12.2. The molecule has 0 aliphatic carbocycles. The molecular weight excluding hydrogens is 335 g/mol. The average Bonchev–Trinajstić information content (AvgIpc) is 2.95. The number of aryl methyl sites for hydroxylation is 1. The van der Waals surface area contributed by atoms with Gasteiger partial charge in [0.1, 0.15) is 0 Å². The van der Waals surface area contributed by atoms with Crippen molar-refractivity contribution in [2.45, 2.75) is 0 Å². The van der Waals surface area contributed by atoms with Gasteiger partial charge in [-0.05, 0) is 30.3 Å². The third-order valence-corrected chi connectivity index (χ3v) is 5.30. The Morgan fingerprint density at radius 3 is 2.70 bits per heavy atom. The second-order valence-corrected chi connectivity index (χ2v) is 7.24. The van der Waals surface area contributed by atoms with Crippen molar-refractivity contribution in [2.75, 3.05) is 0 Å². The van der Waals surface area contributed by atoms with Gasteiger partial charge in [0, 0.05) is 12.1 Å². The lowest BCUT2D eigenvalue weighted by atomic mass is 10.3. The molecule has 0 fully saturated rings. The Morgan fingerprint density at radius 2 is 2.00 bits per heavy atom. The summed E-state index contributed by atoms with van der Waals surface area (Å²) in [7, 11) is 1.88. The van der Waals surface area contributed by atoms with E-state index in [1.54, 1.807) is 12.1 Å². The van der Waals surface area contributed by atoms with Crippen molar-refractivity contribution >= 4 is 62.0 Å². The molecule has 0 spiro atoms. The summed E-state index contributed by atoms with van der Waals surface area (Å²) in [5, 5.41) is 0.669. The van der Waals surface area contributed by atoms with E-state index in [0.717, 1.165) is 10.2 Å². The van der Waals surface area contributed by atoms with E-state index in [0.29, 0.717) is 19.0 Å². The van der Waals surface area contributed by atoms with Crippen LogP contribution in [0.5, 0.6) is 0 Å². The zero-order valence-electron chi connectivity index (χ0n) is 10.3. The SMILES string of the molecule is Cn1c(=NC(=O)c2ccc(Cl)s2)sc2cc(Cl)ccc21. The molecular formula is C13H8Cl2N2OS2. The predicted molar refractivity (Wildman–Crippen MR) is 85.0 cm³/mol. The van der Waals surface area contributed by atoms with Gasteiger partial charge in [0.05, 0.1) is 19.4 Å². The fraction of sp³-hybridized carbons (Fsp3) is 0.0769. The number of thiophene rings is 1. The molecule has 102 valence electrons. The van der Waals surface area contributed by atoms with Crippen molar-refractivity contribution < 1.29 is 4.79 Å². The summed E-state index contributed by atoms with van der Waals surface area (Å²) in [6, 6.07) is 8.98. The molecule has 0 atom stereocenters. The van der Waals surface area contributed by atoms with Crippen LogP contribution in [0.4, 0.5) is 0 Å². The highest BCUT2D eigenvalue weighted by Gasteiger charge is 2.09. The number of aromatic nitrogens is 1. The maximum atomic E-state index is 12.1. The lowest BCUT2D eigenvalue weighted by Gasteiger charge is -1.94. The number of carbonyl (C=O) groups excluding carboxylic acids is 1. The Labute approximate surface area is 132 Å². The largest absolute Gasteiger partial charge is 0.319 e. The first kappa shape index (κ1) is 13.8. The van der Waals surface area contributed by atoms with Gasteiger partial charge in [-0.2, -0.15) is 4.99 Å². The van der Waals surface area contributed by atoms with E-state index < -0.39 is 0 Å². The Kier molecular flexibility index (Phi) is 3.69. The zero-order valence-corrected chi connectivity index (χ0v) is 13.4. The van der Waals surface area contributed by atoms with Gasteiger partial charge in [-0.3, -0.25) is 4.79 Å². The van der Waals surface area contributed by atoms with Gasteiger partial charge < -0.3 is 4.57 Å². The summed E-state index contributed by atoms with van der Waals surface area (Å²) in [5.74, 6) is -0.282. The minimum atomic E-state index is -0.282. The van der Waals surface area contributed by atoms with Gasteiger partial charge in [-0.25, -0.2) is 0 Å². The van der Waals surface area contributed by atoms with Gasteiger partial charge >= 0.3 is 0 Å². The van der Waals surface area contributed by atoms with Crippen LogP contribution in [0.3, 0.4) is 0 Å². The Balaban J connectivity index is 2.12. The second-order valence-electron chi connectivity index (χ2n) is 4.08. The van der Waals surface area contributed by atoms with E-state index in [4.69, 9.17) is 23.2 Å². The molecule has 3 rings (SSSR count). The fourth-order valence-electron chi connectivity index (χ4n) is 1.79. The number of rotatable bonds is 1. The topological polar surface area (TPSA) is 34.4 Å². The summed E-state index contributed by atoms with van der Waals surface area (Å²) in [6.45, 7) is 0. The molecule has 2 aromatic heterocycles. The third-order valence-electron chi connectivity index (χ3n) is 2.75. The molecule has 0 N–H and O–H groups in total. The molecule has 3 nitrogen and oxygen atoms in total. The van der Waals surface area contributed by atoms with Gasteiger partial charge in [0.25, 0.3) is 5.91 Å². The predicted octanol–water partition coefficient (Wildman–Crippen LogP) is 4.35. The quantitative estimate of drug-likeness (QED) is 0.647. The highest BCUT2D eigenvalue weighted by atomic mass is 35.5. The molecule has 0 aliphatic heterocycles. The minimum Gasteiger partial charge on any atom is -0.319 e. The molecule has 1 amide bonds. The van der Waals surface area contributed by atoms with Crippen LogP contribution in [-0.2, 0) is 7.05 Å². The van der Waals surface area contributed by atoms with E-state index >= 15 is 0 Å². The van der Waals surface area contributed by atoms with Gasteiger partial charge in [-0.1, -0.05) is 34.5 Å².